The molecule has 1 aromatic carbocycles. The van der Waals surface area contributed by atoms with Gasteiger partial charge in [-0.25, -0.2) is 14.4 Å². The maximum atomic E-state index is 13.3. The minimum atomic E-state index is -0.291. The van der Waals surface area contributed by atoms with Gasteiger partial charge >= 0.3 is 0 Å². The van der Waals surface area contributed by atoms with E-state index in [-0.39, 0.29) is 29.3 Å². The number of primary amides is 1. The summed E-state index contributed by atoms with van der Waals surface area (Å²) < 4.78 is 13.3. The van der Waals surface area contributed by atoms with Crippen molar-refractivity contribution in [3.05, 3.63) is 41.8 Å². The zero-order chi connectivity index (χ0) is 20.4. The number of carbonyl (C=O) groups excluding carboxylic acids is 2. The van der Waals surface area contributed by atoms with Crippen LogP contribution in [0.25, 0.3) is 21.3 Å². The number of hydrogen-bond donors (Lipinski definition) is 1. The van der Waals surface area contributed by atoms with Gasteiger partial charge in [-0.05, 0) is 30.5 Å². The molecule has 0 spiro atoms. The summed E-state index contributed by atoms with van der Waals surface area (Å²) in [6.07, 6.45) is 2.73. The van der Waals surface area contributed by atoms with Crippen LogP contribution in [0.3, 0.4) is 0 Å². The Morgan fingerprint density at radius 2 is 1.93 bits per heavy atom. The summed E-state index contributed by atoms with van der Waals surface area (Å²) in [7, 11) is 0. The van der Waals surface area contributed by atoms with Crippen LogP contribution >= 0.6 is 23.1 Å². The number of thiophene rings is 1. The van der Waals surface area contributed by atoms with Gasteiger partial charge in [0.05, 0.1) is 11.1 Å². The van der Waals surface area contributed by atoms with Crippen molar-refractivity contribution in [3.8, 4) is 11.1 Å². The average molecular weight is 431 g/mol. The van der Waals surface area contributed by atoms with Gasteiger partial charge in [0.25, 0.3) is 0 Å². The third-order valence-electron chi connectivity index (χ3n) is 5.07. The fraction of sp³-hybridized carbons (Fsp3) is 0.300. The van der Waals surface area contributed by atoms with E-state index in [1.54, 1.807) is 17.0 Å². The quantitative estimate of drug-likeness (QED) is 0.495. The van der Waals surface area contributed by atoms with Crippen LogP contribution in [0.5, 0.6) is 0 Å². The van der Waals surface area contributed by atoms with E-state index < -0.39 is 0 Å². The van der Waals surface area contributed by atoms with Crippen molar-refractivity contribution in [2.75, 3.05) is 18.8 Å². The Kier molecular flexibility index (Phi) is 5.77. The Morgan fingerprint density at radius 1 is 1.21 bits per heavy atom. The molecule has 1 saturated heterocycles. The highest BCUT2D eigenvalue weighted by Crippen LogP contribution is 2.38. The van der Waals surface area contributed by atoms with E-state index in [2.05, 4.69) is 9.97 Å². The number of rotatable bonds is 5. The molecule has 6 nitrogen and oxygen atoms in total. The summed E-state index contributed by atoms with van der Waals surface area (Å²) in [6.45, 7) is 1.09. The van der Waals surface area contributed by atoms with Crippen LogP contribution in [0.2, 0.25) is 0 Å². The highest BCUT2D eigenvalue weighted by atomic mass is 32.2. The molecule has 2 amide bonds. The molecule has 9 heteroatoms. The molecule has 0 radical (unpaired) electrons. The van der Waals surface area contributed by atoms with Gasteiger partial charge in [0.1, 0.15) is 22.0 Å². The third kappa shape index (κ3) is 4.25. The van der Waals surface area contributed by atoms with Crippen LogP contribution < -0.4 is 5.73 Å². The van der Waals surface area contributed by atoms with Crippen LogP contribution in [0.1, 0.15) is 12.8 Å². The standard InChI is InChI=1S/C20H19FN4O2S2/c21-14-3-1-12(2-4-14)15-9-28-19-17(15)20(24-11-23-19)29-10-16(26)25-7-5-13(6-8-25)18(22)27/h1-4,9,11,13H,5-8,10H2,(H2,22,27). The molecular formula is C20H19FN4O2S2. The maximum absolute atomic E-state index is 13.3. The topological polar surface area (TPSA) is 89.2 Å². The number of likely N-dealkylation sites (tertiary alicyclic amines) is 1. The van der Waals surface area contributed by atoms with Gasteiger partial charge in [0.2, 0.25) is 11.8 Å². The SMILES string of the molecule is NC(=O)C1CCN(C(=O)CSc2ncnc3scc(-c4ccc(F)cc4)c23)CC1. The van der Waals surface area contributed by atoms with E-state index in [0.717, 1.165) is 26.4 Å². The molecule has 29 heavy (non-hydrogen) atoms. The normalized spacial score (nSPS) is 15.0. The fourth-order valence-corrected chi connectivity index (χ4v) is 5.33. The number of aromatic nitrogens is 2. The highest BCUT2D eigenvalue weighted by Gasteiger charge is 2.26. The van der Waals surface area contributed by atoms with Gasteiger partial charge in [-0.1, -0.05) is 23.9 Å². The van der Waals surface area contributed by atoms with Crippen molar-refractivity contribution in [1.82, 2.24) is 14.9 Å². The van der Waals surface area contributed by atoms with Crippen LogP contribution in [0, 0.1) is 11.7 Å². The van der Waals surface area contributed by atoms with E-state index in [4.69, 9.17) is 5.73 Å². The van der Waals surface area contributed by atoms with E-state index >= 15 is 0 Å². The van der Waals surface area contributed by atoms with Crippen molar-refractivity contribution in [2.45, 2.75) is 17.9 Å². The Balaban J connectivity index is 1.50. The second-order valence-corrected chi connectivity index (χ2v) is 8.68. The van der Waals surface area contributed by atoms with Crippen LogP contribution in [0.4, 0.5) is 4.39 Å². The summed E-state index contributed by atoms with van der Waals surface area (Å²) in [4.78, 5) is 35.2. The molecule has 4 rings (SSSR count). The molecule has 1 aliphatic rings. The van der Waals surface area contributed by atoms with Crippen LogP contribution in [-0.4, -0.2) is 45.5 Å². The molecule has 2 aromatic heterocycles. The Labute approximate surface area is 175 Å². The van der Waals surface area contributed by atoms with Crippen molar-refractivity contribution >= 4 is 45.1 Å². The van der Waals surface area contributed by atoms with Crippen molar-refractivity contribution < 1.29 is 14.0 Å². The Morgan fingerprint density at radius 3 is 2.62 bits per heavy atom. The molecule has 0 atom stereocenters. The monoisotopic (exact) mass is 430 g/mol. The number of thioether (sulfide) groups is 1. The molecule has 150 valence electrons. The minimum absolute atomic E-state index is 0.0169. The van der Waals surface area contributed by atoms with Crippen LogP contribution in [-0.2, 0) is 9.59 Å². The van der Waals surface area contributed by atoms with Crippen molar-refractivity contribution in [3.63, 3.8) is 0 Å². The molecule has 0 unspecified atom stereocenters. The molecule has 1 aliphatic heterocycles. The second kappa shape index (κ2) is 8.46. The lowest BCUT2D eigenvalue weighted by molar-refractivity contribution is -0.132. The molecule has 0 saturated carbocycles. The zero-order valence-corrected chi connectivity index (χ0v) is 17.1. The Bertz CT molecular complexity index is 1050. The predicted octanol–water partition coefficient (Wildman–Crippen LogP) is 3.31. The zero-order valence-electron chi connectivity index (χ0n) is 15.5. The third-order valence-corrected chi connectivity index (χ3v) is 6.93. The Hall–Kier alpha value is -2.52. The first kappa shape index (κ1) is 19.8. The number of halogens is 1. The van der Waals surface area contributed by atoms with E-state index in [1.165, 1.54) is 41.6 Å². The maximum Gasteiger partial charge on any atom is 0.232 e. The van der Waals surface area contributed by atoms with Crippen molar-refractivity contribution in [2.24, 2.45) is 11.7 Å². The lowest BCUT2D eigenvalue weighted by Gasteiger charge is -2.30. The predicted molar refractivity (Wildman–Crippen MR) is 112 cm³/mol. The summed E-state index contributed by atoms with van der Waals surface area (Å²) in [6, 6.07) is 6.31. The van der Waals surface area contributed by atoms with Gasteiger partial charge < -0.3 is 10.6 Å². The lowest BCUT2D eigenvalue weighted by atomic mass is 9.96. The van der Waals surface area contributed by atoms with E-state index in [1.807, 2.05) is 5.38 Å². The second-order valence-electron chi connectivity index (χ2n) is 6.86. The number of piperidine rings is 1. The van der Waals surface area contributed by atoms with E-state index in [9.17, 15) is 14.0 Å². The molecule has 2 N–H and O–H groups in total. The number of hydrogen-bond acceptors (Lipinski definition) is 6. The first-order valence-corrected chi connectivity index (χ1v) is 11.1. The lowest BCUT2D eigenvalue weighted by Crippen LogP contribution is -2.42. The van der Waals surface area contributed by atoms with Gasteiger partial charge in [-0.3, -0.25) is 9.59 Å². The number of carbonyl (C=O) groups is 2. The molecular weight excluding hydrogens is 411 g/mol. The molecule has 3 aromatic rings. The van der Waals surface area contributed by atoms with Gasteiger partial charge in [0, 0.05) is 30.0 Å². The van der Waals surface area contributed by atoms with Crippen molar-refractivity contribution in [1.29, 1.82) is 0 Å². The molecule has 0 aliphatic carbocycles. The number of benzene rings is 1. The average Bonchev–Trinajstić information content (AvgIpc) is 3.17. The molecule has 3 heterocycles. The number of amides is 2. The first-order chi connectivity index (χ1) is 14.0. The number of nitrogens with zero attached hydrogens (tertiary/aromatic N) is 3. The smallest absolute Gasteiger partial charge is 0.232 e. The summed E-state index contributed by atoms with van der Waals surface area (Å²) in [5.74, 6) is -0.447. The number of fused-ring (bicyclic) bond motifs is 1. The highest BCUT2D eigenvalue weighted by molar-refractivity contribution is 8.00. The summed E-state index contributed by atoms with van der Waals surface area (Å²) >= 11 is 2.87. The number of nitrogens with two attached hydrogens (primary N) is 1. The van der Waals surface area contributed by atoms with Gasteiger partial charge in [-0.15, -0.1) is 11.3 Å². The fourth-order valence-electron chi connectivity index (χ4n) is 3.43. The largest absolute Gasteiger partial charge is 0.369 e. The minimum Gasteiger partial charge on any atom is -0.369 e. The van der Waals surface area contributed by atoms with E-state index in [0.29, 0.717) is 25.9 Å². The molecule has 0 bridgehead atoms. The van der Waals surface area contributed by atoms with Gasteiger partial charge in [0.15, 0.2) is 0 Å². The summed E-state index contributed by atoms with van der Waals surface area (Å²) in [5, 5.41) is 3.60. The first-order valence-electron chi connectivity index (χ1n) is 9.21. The van der Waals surface area contributed by atoms with Gasteiger partial charge in [-0.2, -0.15) is 0 Å². The van der Waals surface area contributed by atoms with Crippen LogP contribution in [0.15, 0.2) is 41.0 Å². The summed E-state index contributed by atoms with van der Waals surface area (Å²) in [5.41, 5.74) is 7.17. The molecule has 1 fully saturated rings.